The smallest absolute Gasteiger partial charge is 0.243 e. The molecule has 0 aromatic heterocycles. The summed E-state index contributed by atoms with van der Waals surface area (Å²) in [6.07, 6.45) is 0. The predicted molar refractivity (Wildman–Crippen MR) is 103 cm³/mol. The Labute approximate surface area is 157 Å². The second kappa shape index (κ2) is 8.35. The first-order valence-electron chi connectivity index (χ1n) is 9.48. The van der Waals surface area contributed by atoms with Gasteiger partial charge in [-0.25, -0.2) is 8.42 Å². The van der Waals surface area contributed by atoms with Crippen molar-refractivity contribution in [2.45, 2.75) is 25.7 Å². The molecule has 0 saturated carbocycles. The highest BCUT2D eigenvalue weighted by molar-refractivity contribution is 7.89. The highest BCUT2D eigenvalue weighted by Gasteiger charge is 2.30. The van der Waals surface area contributed by atoms with Crippen LogP contribution in [0.15, 0.2) is 17.0 Å². The Bertz CT molecular complexity index is 699. The Hall–Kier alpha value is -0.990. The summed E-state index contributed by atoms with van der Waals surface area (Å²) in [5.74, 6) is 0. The van der Waals surface area contributed by atoms with Crippen LogP contribution >= 0.6 is 0 Å². The van der Waals surface area contributed by atoms with Crippen LogP contribution in [0.2, 0.25) is 0 Å². The van der Waals surface area contributed by atoms with Gasteiger partial charge in [0, 0.05) is 52.4 Å². The zero-order valence-electron chi connectivity index (χ0n) is 16.2. The van der Waals surface area contributed by atoms with Gasteiger partial charge in [-0.2, -0.15) is 4.31 Å². The summed E-state index contributed by atoms with van der Waals surface area (Å²) in [7, 11) is -3.42. The van der Waals surface area contributed by atoms with Crippen LogP contribution in [0.1, 0.15) is 16.7 Å². The normalized spacial score (nSPS) is 21.2. The van der Waals surface area contributed by atoms with Crippen LogP contribution in [-0.2, 0) is 14.8 Å². The Kier molecular flexibility index (Phi) is 6.35. The molecule has 0 amide bonds. The van der Waals surface area contributed by atoms with Crippen LogP contribution in [0.5, 0.6) is 0 Å². The van der Waals surface area contributed by atoms with Crippen LogP contribution in [0.25, 0.3) is 0 Å². The first kappa shape index (κ1) is 19.8. The highest BCUT2D eigenvalue weighted by Crippen LogP contribution is 2.26. The summed E-state index contributed by atoms with van der Waals surface area (Å²) in [6, 6.07) is 3.91. The van der Waals surface area contributed by atoms with Crippen molar-refractivity contribution in [2.75, 3.05) is 65.6 Å². The summed E-state index contributed by atoms with van der Waals surface area (Å²) >= 11 is 0. The van der Waals surface area contributed by atoms with Gasteiger partial charge in [0.15, 0.2) is 0 Å². The van der Waals surface area contributed by atoms with Gasteiger partial charge >= 0.3 is 0 Å². The van der Waals surface area contributed by atoms with E-state index in [1.807, 2.05) is 32.9 Å². The van der Waals surface area contributed by atoms with Gasteiger partial charge < -0.3 is 4.74 Å². The predicted octanol–water partition coefficient (Wildman–Crippen LogP) is 1.25. The summed E-state index contributed by atoms with van der Waals surface area (Å²) in [4.78, 5) is 5.28. The number of piperazine rings is 1. The fraction of sp³-hybridized carbons (Fsp3) is 0.684. The van der Waals surface area contributed by atoms with E-state index in [-0.39, 0.29) is 0 Å². The largest absolute Gasteiger partial charge is 0.379 e. The Morgan fingerprint density at radius 1 is 0.846 bits per heavy atom. The Morgan fingerprint density at radius 2 is 1.35 bits per heavy atom. The van der Waals surface area contributed by atoms with E-state index >= 15 is 0 Å². The lowest BCUT2D eigenvalue weighted by molar-refractivity contribution is 0.0317. The molecule has 1 aromatic rings. The molecule has 0 unspecified atom stereocenters. The van der Waals surface area contributed by atoms with Crippen LogP contribution in [-0.4, -0.2) is 88.1 Å². The third-order valence-corrected chi connectivity index (χ3v) is 7.57. The molecule has 0 radical (unpaired) electrons. The maximum Gasteiger partial charge on any atom is 0.243 e. The van der Waals surface area contributed by atoms with E-state index in [2.05, 4.69) is 9.80 Å². The first-order valence-corrected chi connectivity index (χ1v) is 10.9. The molecule has 0 bridgehead atoms. The molecule has 0 N–H and O–H groups in total. The number of ether oxygens (including phenoxy) is 1. The van der Waals surface area contributed by atoms with E-state index in [9.17, 15) is 8.42 Å². The lowest BCUT2D eigenvalue weighted by Gasteiger charge is -2.36. The van der Waals surface area contributed by atoms with Crippen LogP contribution in [0, 0.1) is 20.8 Å². The number of sulfonamides is 1. The lowest BCUT2D eigenvalue weighted by Crippen LogP contribution is -2.51. The van der Waals surface area contributed by atoms with Gasteiger partial charge in [-0.05, 0) is 31.9 Å². The molecule has 0 atom stereocenters. The standard InChI is InChI=1S/C19H31N3O3S/c1-16-14-17(2)19(18(3)15-16)26(23,24)22-8-6-20(7-9-22)4-5-21-10-12-25-13-11-21/h14-15H,4-13H2,1-3H3. The number of hydrogen-bond donors (Lipinski definition) is 0. The minimum absolute atomic E-state index is 0.491. The van der Waals surface area contributed by atoms with Crippen molar-refractivity contribution in [1.29, 1.82) is 0 Å². The Morgan fingerprint density at radius 3 is 1.88 bits per heavy atom. The van der Waals surface area contributed by atoms with Crippen molar-refractivity contribution in [3.05, 3.63) is 28.8 Å². The zero-order chi connectivity index (χ0) is 18.7. The van der Waals surface area contributed by atoms with E-state index in [1.165, 1.54) is 0 Å². The van der Waals surface area contributed by atoms with Crippen molar-refractivity contribution in [2.24, 2.45) is 0 Å². The molecule has 2 saturated heterocycles. The molecular formula is C19H31N3O3S. The molecule has 2 heterocycles. The fourth-order valence-electron chi connectivity index (χ4n) is 4.00. The molecule has 0 aliphatic carbocycles. The van der Waals surface area contributed by atoms with Crippen LogP contribution < -0.4 is 0 Å². The number of aryl methyl sites for hydroxylation is 3. The monoisotopic (exact) mass is 381 g/mol. The molecule has 2 fully saturated rings. The van der Waals surface area contributed by atoms with Gasteiger partial charge in [0.2, 0.25) is 10.0 Å². The molecule has 1 aromatic carbocycles. The topological polar surface area (TPSA) is 53.1 Å². The van der Waals surface area contributed by atoms with Gasteiger partial charge in [-0.3, -0.25) is 9.80 Å². The molecule has 146 valence electrons. The number of morpholine rings is 1. The minimum Gasteiger partial charge on any atom is -0.379 e. The van der Waals surface area contributed by atoms with E-state index in [0.717, 1.165) is 69.2 Å². The summed E-state index contributed by atoms with van der Waals surface area (Å²) < 4.78 is 33.3. The fourth-order valence-corrected chi connectivity index (χ4v) is 5.84. The second-order valence-electron chi connectivity index (χ2n) is 7.43. The number of nitrogens with zero attached hydrogens (tertiary/aromatic N) is 3. The van der Waals surface area contributed by atoms with Crippen molar-refractivity contribution in [1.82, 2.24) is 14.1 Å². The van der Waals surface area contributed by atoms with Crippen molar-refractivity contribution in [3.63, 3.8) is 0 Å². The summed E-state index contributed by atoms with van der Waals surface area (Å²) in [6.45, 7) is 14.2. The lowest BCUT2D eigenvalue weighted by atomic mass is 10.1. The highest BCUT2D eigenvalue weighted by atomic mass is 32.2. The van der Waals surface area contributed by atoms with Gasteiger partial charge in [-0.1, -0.05) is 17.7 Å². The van der Waals surface area contributed by atoms with E-state index in [4.69, 9.17) is 4.74 Å². The quantitative estimate of drug-likeness (QED) is 0.768. The molecule has 26 heavy (non-hydrogen) atoms. The maximum absolute atomic E-state index is 13.1. The van der Waals surface area contributed by atoms with Crippen molar-refractivity contribution < 1.29 is 13.2 Å². The average Bonchev–Trinajstić information content (AvgIpc) is 2.60. The summed E-state index contributed by atoms with van der Waals surface area (Å²) in [5, 5.41) is 0. The summed E-state index contributed by atoms with van der Waals surface area (Å²) in [5.41, 5.74) is 2.79. The molecule has 2 aliphatic heterocycles. The second-order valence-corrected chi connectivity index (χ2v) is 9.30. The number of benzene rings is 1. The van der Waals surface area contributed by atoms with Gasteiger partial charge in [0.05, 0.1) is 18.1 Å². The van der Waals surface area contributed by atoms with E-state index in [1.54, 1.807) is 4.31 Å². The Balaban J connectivity index is 1.58. The van der Waals surface area contributed by atoms with E-state index < -0.39 is 10.0 Å². The molecule has 6 nitrogen and oxygen atoms in total. The first-order chi connectivity index (χ1) is 12.4. The van der Waals surface area contributed by atoms with Gasteiger partial charge in [0.1, 0.15) is 0 Å². The molecule has 3 rings (SSSR count). The van der Waals surface area contributed by atoms with Crippen molar-refractivity contribution in [3.8, 4) is 0 Å². The van der Waals surface area contributed by atoms with Crippen LogP contribution in [0.3, 0.4) is 0 Å². The third-order valence-electron chi connectivity index (χ3n) is 5.37. The van der Waals surface area contributed by atoms with E-state index in [0.29, 0.717) is 18.0 Å². The molecule has 7 heteroatoms. The number of hydrogen-bond acceptors (Lipinski definition) is 5. The van der Waals surface area contributed by atoms with Crippen molar-refractivity contribution >= 4 is 10.0 Å². The minimum atomic E-state index is -3.42. The average molecular weight is 382 g/mol. The zero-order valence-corrected chi connectivity index (χ0v) is 17.0. The maximum atomic E-state index is 13.1. The van der Waals surface area contributed by atoms with Gasteiger partial charge in [-0.15, -0.1) is 0 Å². The SMILES string of the molecule is Cc1cc(C)c(S(=O)(=O)N2CCN(CCN3CCOCC3)CC2)c(C)c1. The molecular weight excluding hydrogens is 350 g/mol. The molecule has 0 spiro atoms. The van der Waals surface area contributed by atoms with Gasteiger partial charge in [0.25, 0.3) is 0 Å². The van der Waals surface area contributed by atoms with Crippen LogP contribution in [0.4, 0.5) is 0 Å². The third kappa shape index (κ3) is 4.46. The number of rotatable bonds is 5. The molecule has 2 aliphatic rings.